The Bertz CT molecular complexity index is 468. The van der Waals surface area contributed by atoms with E-state index in [1.54, 1.807) is 7.11 Å². The van der Waals surface area contributed by atoms with Crippen molar-refractivity contribution >= 4 is 0 Å². The van der Waals surface area contributed by atoms with Gasteiger partial charge in [-0.2, -0.15) is 0 Å². The van der Waals surface area contributed by atoms with Crippen molar-refractivity contribution in [1.82, 2.24) is 10.3 Å². The number of aromatic nitrogens is 2. The van der Waals surface area contributed by atoms with Crippen LogP contribution in [0, 0.1) is 0 Å². The van der Waals surface area contributed by atoms with E-state index < -0.39 is 0 Å². The third kappa shape index (κ3) is 1.90. The molecule has 0 aliphatic rings. The third-order valence-corrected chi connectivity index (χ3v) is 2.30. The van der Waals surface area contributed by atoms with Gasteiger partial charge in [-0.1, -0.05) is 17.3 Å². The Morgan fingerprint density at radius 2 is 2.12 bits per heavy atom. The summed E-state index contributed by atoms with van der Waals surface area (Å²) in [7, 11) is 1.62. The van der Waals surface area contributed by atoms with Gasteiger partial charge in [-0.25, -0.2) is 4.63 Å². The molecule has 0 aliphatic heterocycles. The lowest BCUT2D eigenvalue weighted by atomic mass is 10.1. The van der Waals surface area contributed by atoms with Crippen LogP contribution in [0.5, 0.6) is 5.75 Å². The lowest BCUT2D eigenvalue weighted by Gasteiger charge is -2.05. The minimum absolute atomic E-state index is 0.510. The molecule has 0 saturated heterocycles. The smallest absolute Gasteiger partial charge is 0.142 e. The number of para-hydroxylation sites is 1. The van der Waals surface area contributed by atoms with Crippen molar-refractivity contribution in [3.05, 3.63) is 30.0 Å². The Morgan fingerprint density at radius 1 is 1.31 bits per heavy atom. The predicted molar refractivity (Wildman–Crippen MR) is 59.0 cm³/mol. The molecular weight excluding hydrogens is 206 g/mol. The predicted octanol–water partition coefficient (Wildman–Crippen LogP) is 1.25. The fourth-order valence-electron chi connectivity index (χ4n) is 1.55. The second kappa shape index (κ2) is 4.76. The molecule has 1 aromatic carbocycles. The van der Waals surface area contributed by atoms with Crippen molar-refractivity contribution in [2.24, 2.45) is 5.73 Å². The second-order valence-corrected chi connectivity index (χ2v) is 3.30. The monoisotopic (exact) mass is 219 g/mol. The first-order valence-corrected chi connectivity index (χ1v) is 5.01. The van der Waals surface area contributed by atoms with E-state index >= 15 is 0 Å². The van der Waals surface area contributed by atoms with Crippen LogP contribution in [0.4, 0.5) is 0 Å². The maximum absolute atomic E-state index is 5.50. The molecule has 5 nitrogen and oxygen atoms in total. The minimum atomic E-state index is 0.510. The van der Waals surface area contributed by atoms with Crippen LogP contribution in [0.1, 0.15) is 5.69 Å². The molecule has 0 aliphatic carbocycles. The van der Waals surface area contributed by atoms with Crippen LogP contribution in [0.3, 0.4) is 0 Å². The Labute approximate surface area is 93.2 Å². The van der Waals surface area contributed by atoms with E-state index in [9.17, 15) is 0 Å². The minimum Gasteiger partial charge on any atom is -0.496 e. The molecule has 2 rings (SSSR count). The molecule has 0 fully saturated rings. The summed E-state index contributed by atoms with van der Waals surface area (Å²) in [4.78, 5) is 0. The highest BCUT2D eigenvalue weighted by molar-refractivity contribution is 5.68. The number of methoxy groups -OCH3 is 1. The standard InChI is InChI=1S/C11H13N3O2/c1-15-10-5-3-2-4-8(10)11-9(6-7-12)13-16-14-11/h2-5H,6-7,12H2,1H3. The molecule has 1 aromatic heterocycles. The number of hydrogen-bond acceptors (Lipinski definition) is 5. The highest BCUT2D eigenvalue weighted by Gasteiger charge is 2.14. The summed E-state index contributed by atoms with van der Waals surface area (Å²) in [6, 6.07) is 7.60. The van der Waals surface area contributed by atoms with Crippen LogP contribution in [0.2, 0.25) is 0 Å². The molecule has 0 atom stereocenters. The zero-order chi connectivity index (χ0) is 11.4. The fraction of sp³-hybridized carbons (Fsp3) is 0.273. The Balaban J connectivity index is 2.45. The molecule has 0 radical (unpaired) electrons. The Kier molecular flexibility index (Phi) is 3.16. The zero-order valence-corrected chi connectivity index (χ0v) is 9.01. The summed E-state index contributed by atoms with van der Waals surface area (Å²) in [6.07, 6.45) is 0.636. The first-order chi connectivity index (χ1) is 7.86. The lowest BCUT2D eigenvalue weighted by Crippen LogP contribution is -2.04. The SMILES string of the molecule is COc1ccccc1-c1nonc1CCN. The van der Waals surface area contributed by atoms with E-state index in [0.717, 1.165) is 17.0 Å². The number of rotatable bonds is 4. The van der Waals surface area contributed by atoms with E-state index in [-0.39, 0.29) is 0 Å². The average Bonchev–Trinajstić information content (AvgIpc) is 2.77. The van der Waals surface area contributed by atoms with Crippen molar-refractivity contribution in [2.45, 2.75) is 6.42 Å². The molecule has 5 heteroatoms. The second-order valence-electron chi connectivity index (χ2n) is 3.30. The number of nitrogens with zero attached hydrogens (tertiary/aromatic N) is 2. The average molecular weight is 219 g/mol. The first-order valence-electron chi connectivity index (χ1n) is 5.01. The Morgan fingerprint density at radius 3 is 2.88 bits per heavy atom. The van der Waals surface area contributed by atoms with Crippen LogP contribution >= 0.6 is 0 Å². The molecule has 0 saturated carbocycles. The topological polar surface area (TPSA) is 74.2 Å². The summed E-state index contributed by atoms with van der Waals surface area (Å²) in [6.45, 7) is 0.510. The highest BCUT2D eigenvalue weighted by Crippen LogP contribution is 2.29. The number of hydrogen-bond donors (Lipinski definition) is 1. The van der Waals surface area contributed by atoms with Gasteiger partial charge in [0, 0.05) is 12.0 Å². The van der Waals surface area contributed by atoms with Crippen LogP contribution < -0.4 is 10.5 Å². The molecule has 0 bridgehead atoms. The van der Waals surface area contributed by atoms with Crippen molar-refractivity contribution in [3.63, 3.8) is 0 Å². The van der Waals surface area contributed by atoms with Gasteiger partial charge < -0.3 is 10.5 Å². The third-order valence-electron chi connectivity index (χ3n) is 2.30. The Hall–Kier alpha value is -1.88. The van der Waals surface area contributed by atoms with E-state index in [1.165, 1.54) is 0 Å². The molecule has 0 spiro atoms. The lowest BCUT2D eigenvalue weighted by molar-refractivity contribution is 0.304. The van der Waals surface area contributed by atoms with Gasteiger partial charge in [0.15, 0.2) is 0 Å². The first kappa shape index (κ1) is 10.6. The largest absolute Gasteiger partial charge is 0.496 e. The quantitative estimate of drug-likeness (QED) is 0.837. The van der Waals surface area contributed by atoms with E-state index in [2.05, 4.69) is 10.3 Å². The van der Waals surface area contributed by atoms with Crippen LogP contribution in [0.25, 0.3) is 11.3 Å². The van der Waals surface area contributed by atoms with Crippen LogP contribution in [0.15, 0.2) is 28.9 Å². The highest BCUT2D eigenvalue weighted by atomic mass is 16.6. The normalized spacial score (nSPS) is 10.4. The van der Waals surface area contributed by atoms with Gasteiger partial charge in [0.2, 0.25) is 0 Å². The maximum atomic E-state index is 5.50. The van der Waals surface area contributed by atoms with Crippen molar-refractivity contribution in [3.8, 4) is 17.0 Å². The summed E-state index contributed by atoms with van der Waals surface area (Å²) in [5.41, 5.74) is 7.82. The summed E-state index contributed by atoms with van der Waals surface area (Å²) >= 11 is 0. The molecule has 2 N–H and O–H groups in total. The van der Waals surface area contributed by atoms with E-state index in [0.29, 0.717) is 18.7 Å². The van der Waals surface area contributed by atoms with E-state index in [1.807, 2.05) is 24.3 Å². The molecule has 0 unspecified atom stereocenters. The van der Waals surface area contributed by atoms with Gasteiger partial charge in [-0.15, -0.1) is 0 Å². The molecule has 2 aromatic rings. The summed E-state index contributed by atoms with van der Waals surface area (Å²) in [5, 5.41) is 7.73. The van der Waals surface area contributed by atoms with Crippen LogP contribution in [-0.2, 0) is 6.42 Å². The van der Waals surface area contributed by atoms with Gasteiger partial charge in [0.25, 0.3) is 0 Å². The van der Waals surface area contributed by atoms with Crippen molar-refractivity contribution in [1.29, 1.82) is 0 Å². The number of benzene rings is 1. The summed E-state index contributed by atoms with van der Waals surface area (Å²) < 4.78 is 10.0. The van der Waals surface area contributed by atoms with Crippen molar-refractivity contribution in [2.75, 3.05) is 13.7 Å². The van der Waals surface area contributed by atoms with Gasteiger partial charge >= 0.3 is 0 Å². The number of ether oxygens (including phenoxy) is 1. The maximum Gasteiger partial charge on any atom is 0.142 e. The van der Waals surface area contributed by atoms with Gasteiger partial charge in [0.1, 0.15) is 17.1 Å². The van der Waals surface area contributed by atoms with Crippen molar-refractivity contribution < 1.29 is 9.37 Å². The fourth-order valence-corrected chi connectivity index (χ4v) is 1.55. The van der Waals surface area contributed by atoms with Gasteiger partial charge in [-0.3, -0.25) is 0 Å². The molecule has 0 amide bonds. The summed E-state index contributed by atoms with van der Waals surface area (Å²) in [5.74, 6) is 0.747. The molecular formula is C11H13N3O2. The molecule has 84 valence electrons. The van der Waals surface area contributed by atoms with Crippen LogP contribution in [-0.4, -0.2) is 24.0 Å². The van der Waals surface area contributed by atoms with Gasteiger partial charge in [-0.05, 0) is 23.8 Å². The zero-order valence-electron chi connectivity index (χ0n) is 9.01. The molecule has 16 heavy (non-hydrogen) atoms. The van der Waals surface area contributed by atoms with E-state index in [4.69, 9.17) is 15.1 Å². The molecule has 1 heterocycles. The van der Waals surface area contributed by atoms with Gasteiger partial charge in [0.05, 0.1) is 7.11 Å². The number of nitrogens with two attached hydrogens (primary N) is 1.